The third kappa shape index (κ3) is 3.54. The van der Waals surface area contributed by atoms with Crippen molar-refractivity contribution in [3.05, 3.63) is 64.0 Å². The Hall–Kier alpha value is -3.10. The molecule has 3 rings (SSSR count). The zero-order valence-corrected chi connectivity index (χ0v) is 12.8. The number of rotatable bonds is 4. The van der Waals surface area contributed by atoms with Crippen molar-refractivity contribution in [1.29, 1.82) is 0 Å². The number of nitrogens with zero attached hydrogens (tertiary/aromatic N) is 2. The molecule has 2 aromatic carbocycles. The van der Waals surface area contributed by atoms with Gasteiger partial charge in [-0.2, -0.15) is 13.2 Å². The van der Waals surface area contributed by atoms with Crippen LogP contribution in [-0.4, -0.2) is 9.91 Å². The normalized spacial score (nSPS) is 13.0. The average Bonchev–Trinajstić information content (AvgIpc) is 2.97. The van der Waals surface area contributed by atoms with Gasteiger partial charge in [0.15, 0.2) is 11.7 Å². The van der Waals surface area contributed by atoms with E-state index in [0.717, 1.165) is 12.1 Å². The number of hydrogen-bond acceptors (Lipinski definition) is 5. The van der Waals surface area contributed by atoms with Crippen LogP contribution in [0.5, 0.6) is 5.75 Å². The van der Waals surface area contributed by atoms with Crippen LogP contribution in [0, 0.1) is 10.1 Å². The smallest absolute Gasteiger partial charge is 0.416 e. The van der Waals surface area contributed by atoms with Gasteiger partial charge in [-0.05, 0) is 31.2 Å². The van der Waals surface area contributed by atoms with Crippen LogP contribution in [0.4, 0.5) is 18.9 Å². The summed E-state index contributed by atoms with van der Waals surface area (Å²) in [6.07, 6.45) is -5.26. The summed E-state index contributed by atoms with van der Waals surface area (Å²) in [4.78, 5) is 14.3. The minimum absolute atomic E-state index is 0.00978. The lowest BCUT2D eigenvalue weighted by molar-refractivity contribution is -0.384. The van der Waals surface area contributed by atoms with E-state index in [9.17, 15) is 23.3 Å². The minimum atomic E-state index is -4.47. The van der Waals surface area contributed by atoms with E-state index in [1.807, 2.05) is 0 Å². The predicted octanol–water partition coefficient (Wildman–Crippen LogP) is 4.89. The summed E-state index contributed by atoms with van der Waals surface area (Å²) in [5, 5.41) is 10.8. The van der Waals surface area contributed by atoms with E-state index in [4.69, 9.17) is 9.15 Å². The first-order valence-corrected chi connectivity index (χ1v) is 7.13. The maximum absolute atomic E-state index is 12.7. The molecular formula is C16H11F3N2O4. The van der Waals surface area contributed by atoms with Gasteiger partial charge in [-0.3, -0.25) is 10.1 Å². The van der Waals surface area contributed by atoms with E-state index in [1.54, 1.807) is 6.92 Å². The van der Waals surface area contributed by atoms with Gasteiger partial charge in [0.1, 0.15) is 11.3 Å². The molecule has 6 nitrogen and oxygen atoms in total. The van der Waals surface area contributed by atoms with Crippen LogP contribution in [0.1, 0.15) is 24.5 Å². The summed E-state index contributed by atoms with van der Waals surface area (Å²) in [5.74, 6) is 0.114. The van der Waals surface area contributed by atoms with Gasteiger partial charge in [0.05, 0.1) is 10.5 Å². The first-order chi connectivity index (χ1) is 11.7. The van der Waals surface area contributed by atoms with Gasteiger partial charge in [-0.15, -0.1) is 0 Å². The summed E-state index contributed by atoms with van der Waals surface area (Å²) < 4.78 is 49.1. The van der Waals surface area contributed by atoms with E-state index in [0.29, 0.717) is 5.58 Å². The van der Waals surface area contributed by atoms with Crippen molar-refractivity contribution >= 4 is 16.8 Å². The molecule has 130 valence electrons. The Bertz CT molecular complexity index is 937. The number of fused-ring (bicyclic) bond motifs is 1. The van der Waals surface area contributed by atoms with E-state index in [1.165, 1.54) is 30.3 Å². The highest BCUT2D eigenvalue weighted by Crippen LogP contribution is 2.33. The van der Waals surface area contributed by atoms with Crippen LogP contribution in [0.15, 0.2) is 46.9 Å². The molecule has 0 N–H and O–H groups in total. The van der Waals surface area contributed by atoms with Gasteiger partial charge in [-0.1, -0.05) is 6.07 Å². The van der Waals surface area contributed by atoms with Crippen LogP contribution in [-0.2, 0) is 6.18 Å². The number of aromatic nitrogens is 1. The first kappa shape index (κ1) is 16.7. The summed E-state index contributed by atoms with van der Waals surface area (Å²) in [7, 11) is 0. The minimum Gasteiger partial charge on any atom is -0.481 e. The Balaban J connectivity index is 1.85. The van der Waals surface area contributed by atoms with E-state index in [-0.39, 0.29) is 22.8 Å². The van der Waals surface area contributed by atoms with Crippen molar-refractivity contribution in [1.82, 2.24) is 4.98 Å². The molecule has 0 fully saturated rings. The second-order valence-corrected chi connectivity index (χ2v) is 5.25. The summed E-state index contributed by atoms with van der Waals surface area (Å²) in [6.45, 7) is 1.55. The molecule has 25 heavy (non-hydrogen) atoms. The van der Waals surface area contributed by atoms with Crippen molar-refractivity contribution in [2.45, 2.75) is 19.2 Å². The molecule has 0 aliphatic rings. The molecular weight excluding hydrogens is 341 g/mol. The molecule has 0 spiro atoms. The number of nitro groups is 1. The topological polar surface area (TPSA) is 78.4 Å². The number of hydrogen-bond donors (Lipinski definition) is 0. The Morgan fingerprint density at radius 1 is 1.24 bits per heavy atom. The van der Waals surface area contributed by atoms with Crippen molar-refractivity contribution in [2.24, 2.45) is 0 Å². The first-order valence-electron chi connectivity index (χ1n) is 7.13. The van der Waals surface area contributed by atoms with Crippen LogP contribution in [0.25, 0.3) is 11.1 Å². The largest absolute Gasteiger partial charge is 0.481 e. The Labute approximate surface area is 139 Å². The zero-order chi connectivity index (χ0) is 18.2. The second kappa shape index (κ2) is 6.08. The van der Waals surface area contributed by atoms with Gasteiger partial charge >= 0.3 is 6.18 Å². The number of ether oxygens (including phenoxy) is 1. The van der Waals surface area contributed by atoms with Gasteiger partial charge in [0, 0.05) is 12.1 Å². The second-order valence-electron chi connectivity index (χ2n) is 5.25. The molecule has 9 heteroatoms. The standard InChI is InChI=1S/C16H11F3N2O4/c1-9(24-12-4-2-3-10(7-12)16(17,18)19)15-20-13-8-11(21(22)23)5-6-14(13)25-15/h2-9H,1H3. The van der Waals surface area contributed by atoms with Gasteiger partial charge in [0.25, 0.3) is 5.69 Å². The number of non-ortho nitro benzene ring substituents is 1. The quantitative estimate of drug-likeness (QED) is 0.493. The van der Waals surface area contributed by atoms with Crippen LogP contribution >= 0.6 is 0 Å². The predicted molar refractivity (Wildman–Crippen MR) is 81.2 cm³/mol. The highest BCUT2D eigenvalue weighted by molar-refractivity contribution is 5.75. The molecule has 3 aromatic rings. The Morgan fingerprint density at radius 3 is 2.68 bits per heavy atom. The van der Waals surface area contributed by atoms with Crippen molar-refractivity contribution in [2.75, 3.05) is 0 Å². The van der Waals surface area contributed by atoms with Crippen LogP contribution in [0.3, 0.4) is 0 Å². The molecule has 1 unspecified atom stereocenters. The maximum atomic E-state index is 12.7. The number of benzene rings is 2. The molecule has 0 aliphatic heterocycles. The fourth-order valence-electron chi connectivity index (χ4n) is 2.22. The number of nitro benzene ring substituents is 1. The molecule has 1 atom stereocenters. The summed E-state index contributed by atoms with van der Waals surface area (Å²) >= 11 is 0. The fourth-order valence-corrected chi connectivity index (χ4v) is 2.22. The van der Waals surface area contributed by atoms with E-state index < -0.39 is 22.8 Å². The molecule has 0 amide bonds. The van der Waals surface area contributed by atoms with Gasteiger partial charge < -0.3 is 9.15 Å². The third-order valence-corrected chi connectivity index (χ3v) is 3.42. The maximum Gasteiger partial charge on any atom is 0.416 e. The molecule has 0 radical (unpaired) electrons. The summed E-state index contributed by atoms with van der Waals surface area (Å²) in [6, 6.07) is 8.37. The number of halogens is 3. The monoisotopic (exact) mass is 352 g/mol. The van der Waals surface area contributed by atoms with Crippen LogP contribution in [0.2, 0.25) is 0 Å². The lowest BCUT2D eigenvalue weighted by Crippen LogP contribution is -2.07. The third-order valence-electron chi connectivity index (χ3n) is 3.42. The number of oxazole rings is 1. The van der Waals surface area contributed by atoms with Crippen molar-refractivity contribution < 1.29 is 27.2 Å². The molecule has 1 heterocycles. The average molecular weight is 352 g/mol. The lowest BCUT2D eigenvalue weighted by Gasteiger charge is -2.13. The highest BCUT2D eigenvalue weighted by Gasteiger charge is 2.30. The van der Waals surface area contributed by atoms with Crippen molar-refractivity contribution in [3.8, 4) is 5.75 Å². The lowest BCUT2D eigenvalue weighted by atomic mass is 10.2. The summed E-state index contributed by atoms with van der Waals surface area (Å²) in [5.41, 5.74) is -0.382. The van der Waals surface area contributed by atoms with Crippen LogP contribution < -0.4 is 4.74 Å². The number of alkyl halides is 3. The molecule has 1 aromatic heterocycles. The molecule has 0 aliphatic carbocycles. The molecule has 0 saturated heterocycles. The molecule has 0 bridgehead atoms. The Morgan fingerprint density at radius 2 is 2.00 bits per heavy atom. The van der Waals surface area contributed by atoms with E-state index in [2.05, 4.69) is 4.98 Å². The van der Waals surface area contributed by atoms with Crippen molar-refractivity contribution in [3.63, 3.8) is 0 Å². The fraction of sp³-hybridized carbons (Fsp3) is 0.188. The Kier molecular flexibility index (Phi) is 4.07. The molecule has 0 saturated carbocycles. The zero-order valence-electron chi connectivity index (χ0n) is 12.8. The highest BCUT2D eigenvalue weighted by atomic mass is 19.4. The van der Waals surface area contributed by atoms with Gasteiger partial charge in [-0.25, -0.2) is 4.98 Å². The SMILES string of the molecule is CC(Oc1cccc(C(F)(F)F)c1)c1nc2cc([N+](=O)[O-])ccc2o1. The van der Waals surface area contributed by atoms with Gasteiger partial charge in [0.2, 0.25) is 5.89 Å². The van der Waals surface area contributed by atoms with E-state index >= 15 is 0 Å².